The first-order valence-electron chi connectivity index (χ1n) is 9.93. The van der Waals surface area contributed by atoms with Crippen LogP contribution in [0.5, 0.6) is 0 Å². The fraction of sp³-hybridized carbons (Fsp3) is 0.174. The third kappa shape index (κ3) is 4.38. The van der Waals surface area contributed by atoms with E-state index in [1.54, 1.807) is 24.3 Å². The largest absolute Gasteiger partial charge is 0.326 e. The highest BCUT2D eigenvalue weighted by Gasteiger charge is 2.20. The van der Waals surface area contributed by atoms with Crippen LogP contribution in [0, 0.1) is 25.2 Å². The number of tetrazole rings is 1. The SMILES string of the molecule is Cc1c(C#N)c(NC(=O)Cn2nnc(-c3ccc(Cl)cc3)n2)n(Cc2ccccc2)c1C. The molecule has 2 aromatic heterocycles. The molecule has 0 radical (unpaired) electrons. The van der Waals surface area contributed by atoms with E-state index in [1.165, 1.54) is 4.80 Å². The third-order valence-corrected chi connectivity index (χ3v) is 5.47. The maximum atomic E-state index is 12.8. The summed E-state index contributed by atoms with van der Waals surface area (Å²) in [5.74, 6) is 0.508. The van der Waals surface area contributed by atoms with Gasteiger partial charge in [-0.1, -0.05) is 41.9 Å². The minimum absolute atomic E-state index is 0.139. The fourth-order valence-corrected chi connectivity index (χ4v) is 3.54. The molecule has 160 valence electrons. The molecule has 2 heterocycles. The minimum atomic E-state index is -0.353. The molecule has 1 N–H and O–H groups in total. The van der Waals surface area contributed by atoms with Gasteiger partial charge in [-0.15, -0.1) is 10.2 Å². The molecule has 0 aliphatic rings. The average Bonchev–Trinajstić information content (AvgIpc) is 3.33. The number of aromatic nitrogens is 5. The van der Waals surface area contributed by atoms with Gasteiger partial charge in [-0.3, -0.25) is 4.79 Å². The van der Waals surface area contributed by atoms with Crippen molar-refractivity contribution < 1.29 is 4.79 Å². The van der Waals surface area contributed by atoms with Gasteiger partial charge in [0.1, 0.15) is 18.4 Å². The Morgan fingerprint density at radius 3 is 2.53 bits per heavy atom. The first-order valence-corrected chi connectivity index (χ1v) is 10.3. The zero-order chi connectivity index (χ0) is 22.7. The van der Waals surface area contributed by atoms with Crippen LogP contribution in [0.25, 0.3) is 11.4 Å². The van der Waals surface area contributed by atoms with Crippen molar-refractivity contribution in [1.82, 2.24) is 24.8 Å². The first-order chi connectivity index (χ1) is 15.5. The molecule has 4 aromatic rings. The van der Waals surface area contributed by atoms with Crippen LogP contribution in [0.1, 0.15) is 22.4 Å². The number of nitriles is 1. The lowest BCUT2D eigenvalue weighted by Crippen LogP contribution is -2.23. The highest BCUT2D eigenvalue weighted by atomic mass is 35.5. The van der Waals surface area contributed by atoms with Crippen molar-refractivity contribution in [2.75, 3.05) is 5.32 Å². The molecule has 1 amide bonds. The molecule has 0 unspecified atom stereocenters. The van der Waals surface area contributed by atoms with Crippen LogP contribution in [0.15, 0.2) is 54.6 Å². The zero-order valence-electron chi connectivity index (χ0n) is 17.6. The number of nitrogens with one attached hydrogen (secondary N) is 1. The lowest BCUT2D eigenvalue weighted by molar-refractivity contribution is -0.117. The topological polar surface area (TPSA) is 101 Å². The summed E-state index contributed by atoms with van der Waals surface area (Å²) in [7, 11) is 0. The Morgan fingerprint density at radius 1 is 1.12 bits per heavy atom. The summed E-state index contributed by atoms with van der Waals surface area (Å²) in [5.41, 5.74) is 4.01. The maximum Gasteiger partial charge on any atom is 0.249 e. The Morgan fingerprint density at radius 2 is 1.84 bits per heavy atom. The van der Waals surface area contributed by atoms with E-state index in [0.29, 0.717) is 28.8 Å². The van der Waals surface area contributed by atoms with E-state index in [9.17, 15) is 10.1 Å². The standard InChI is InChI=1S/C23H20ClN7O/c1-15-16(2)30(13-17-6-4-3-5-7-17)23(20(15)12-25)26-21(32)14-31-28-22(27-29-31)18-8-10-19(24)11-9-18/h3-11H,13-14H2,1-2H3,(H,26,32). The van der Waals surface area contributed by atoms with Gasteiger partial charge >= 0.3 is 0 Å². The molecule has 4 rings (SSSR count). The Bertz CT molecular complexity index is 1300. The van der Waals surface area contributed by atoms with Crippen LogP contribution in [0.3, 0.4) is 0 Å². The Kier molecular flexibility index (Phi) is 6.01. The number of hydrogen-bond donors (Lipinski definition) is 1. The van der Waals surface area contributed by atoms with Crippen molar-refractivity contribution in [3.8, 4) is 17.5 Å². The van der Waals surface area contributed by atoms with Gasteiger partial charge in [-0.05, 0) is 54.5 Å². The number of carbonyl (C=O) groups is 1. The molecule has 0 atom stereocenters. The van der Waals surface area contributed by atoms with E-state index in [1.807, 2.05) is 48.7 Å². The van der Waals surface area contributed by atoms with Gasteiger partial charge in [0.05, 0.1) is 5.56 Å². The summed E-state index contributed by atoms with van der Waals surface area (Å²) in [6.07, 6.45) is 0. The molecule has 0 saturated heterocycles. The van der Waals surface area contributed by atoms with Gasteiger partial charge < -0.3 is 9.88 Å². The molecule has 0 aliphatic carbocycles. The molecule has 0 aliphatic heterocycles. The summed E-state index contributed by atoms with van der Waals surface area (Å²) in [5, 5.41) is 25.4. The molecular formula is C23H20ClN7O. The van der Waals surface area contributed by atoms with Gasteiger partial charge in [0, 0.05) is 22.8 Å². The van der Waals surface area contributed by atoms with Crippen LogP contribution in [-0.2, 0) is 17.9 Å². The second kappa shape index (κ2) is 9.04. The van der Waals surface area contributed by atoms with E-state index in [2.05, 4.69) is 26.8 Å². The maximum absolute atomic E-state index is 12.8. The molecule has 0 spiro atoms. The number of carbonyl (C=O) groups excluding carboxylic acids is 1. The molecule has 0 bridgehead atoms. The van der Waals surface area contributed by atoms with Gasteiger partial charge in [-0.25, -0.2) is 0 Å². The number of anilines is 1. The number of halogens is 1. The van der Waals surface area contributed by atoms with Crippen LogP contribution in [0.4, 0.5) is 5.82 Å². The molecule has 8 nitrogen and oxygen atoms in total. The second-order valence-electron chi connectivity index (χ2n) is 7.32. The Balaban J connectivity index is 1.55. The minimum Gasteiger partial charge on any atom is -0.326 e. The number of benzene rings is 2. The number of nitrogens with zero attached hydrogens (tertiary/aromatic N) is 6. The predicted molar refractivity (Wildman–Crippen MR) is 121 cm³/mol. The molecule has 2 aromatic carbocycles. The molecular weight excluding hydrogens is 426 g/mol. The van der Waals surface area contributed by atoms with E-state index >= 15 is 0 Å². The fourth-order valence-electron chi connectivity index (χ4n) is 3.42. The molecule has 9 heteroatoms. The Hall–Kier alpha value is -3.96. The molecule has 32 heavy (non-hydrogen) atoms. The average molecular weight is 446 g/mol. The highest BCUT2D eigenvalue weighted by molar-refractivity contribution is 6.30. The van der Waals surface area contributed by atoms with Gasteiger partial charge in [0.25, 0.3) is 0 Å². The summed E-state index contributed by atoms with van der Waals surface area (Å²) in [6.45, 7) is 4.21. The van der Waals surface area contributed by atoms with Crippen molar-refractivity contribution in [2.24, 2.45) is 0 Å². The predicted octanol–water partition coefficient (Wildman–Crippen LogP) is 3.97. The number of hydrogen-bond acceptors (Lipinski definition) is 5. The summed E-state index contributed by atoms with van der Waals surface area (Å²) in [4.78, 5) is 14.0. The van der Waals surface area contributed by atoms with E-state index in [4.69, 9.17) is 11.6 Å². The van der Waals surface area contributed by atoms with E-state index in [-0.39, 0.29) is 12.5 Å². The number of rotatable bonds is 6. The van der Waals surface area contributed by atoms with Crippen molar-refractivity contribution in [3.63, 3.8) is 0 Å². The van der Waals surface area contributed by atoms with Crippen molar-refractivity contribution in [1.29, 1.82) is 5.26 Å². The van der Waals surface area contributed by atoms with E-state index < -0.39 is 0 Å². The van der Waals surface area contributed by atoms with Gasteiger partial charge in [0.15, 0.2) is 0 Å². The lowest BCUT2D eigenvalue weighted by Gasteiger charge is -2.13. The highest BCUT2D eigenvalue weighted by Crippen LogP contribution is 2.27. The zero-order valence-corrected chi connectivity index (χ0v) is 18.3. The van der Waals surface area contributed by atoms with E-state index in [0.717, 1.165) is 22.4 Å². The smallest absolute Gasteiger partial charge is 0.249 e. The quantitative estimate of drug-likeness (QED) is 0.483. The molecule has 0 saturated carbocycles. The van der Waals surface area contributed by atoms with Crippen LogP contribution in [-0.4, -0.2) is 30.7 Å². The monoisotopic (exact) mass is 445 g/mol. The third-order valence-electron chi connectivity index (χ3n) is 5.22. The Labute approximate surface area is 190 Å². The molecule has 0 fully saturated rings. The second-order valence-corrected chi connectivity index (χ2v) is 7.75. The van der Waals surface area contributed by atoms with Gasteiger partial charge in [-0.2, -0.15) is 10.1 Å². The summed E-state index contributed by atoms with van der Waals surface area (Å²) < 4.78 is 1.94. The van der Waals surface area contributed by atoms with Crippen molar-refractivity contribution in [3.05, 3.63) is 82.0 Å². The van der Waals surface area contributed by atoms with Gasteiger partial charge in [0.2, 0.25) is 11.7 Å². The van der Waals surface area contributed by atoms with Crippen LogP contribution in [0.2, 0.25) is 5.02 Å². The van der Waals surface area contributed by atoms with Crippen LogP contribution >= 0.6 is 11.6 Å². The summed E-state index contributed by atoms with van der Waals surface area (Å²) >= 11 is 5.91. The first kappa shape index (κ1) is 21.3. The van der Waals surface area contributed by atoms with Crippen molar-refractivity contribution in [2.45, 2.75) is 26.9 Å². The van der Waals surface area contributed by atoms with Crippen LogP contribution < -0.4 is 5.32 Å². The lowest BCUT2D eigenvalue weighted by atomic mass is 10.2. The number of amides is 1. The van der Waals surface area contributed by atoms with Crippen molar-refractivity contribution >= 4 is 23.3 Å². The summed E-state index contributed by atoms with van der Waals surface area (Å²) in [6, 6.07) is 19.1. The normalized spacial score (nSPS) is 10.7.